The quantitative estimate of drug-likeness (QED) is 0.837. The number of halogens is 2. The molecule has 2 amide bonds. The van der Waals surface area contributed by atoms with Gasteiger partial charge in [0.25, 0.3) is 11.8 Å². The number of para-hydroxylation sites is 1. The van der Waals surface area contributed by atoms with Crippen LogP contribution in [0.4, 0.5) is 8.78 Å². The summed E-state index contributed by atoms with van der Waals surface area (Å²) in [5.41, 5.74) is -0.308. The first-order valence-electron chi connectivity index (χ1n) is 8.32. The van der Waals surface area contributed by atoms with Gasteiger partial charge < -0.3 is 14.5 Å². The zero-order valence-electron chi connectivity index (χ0n) is 14.4. The van der Waals surface area contributed by atoms with E-state index in [1.165, 1.54) is 4.90 Å². The van der Waals surface area contributed by atoms with Crippen molar-refractivity contribution < 1.29 is 23.1 Å². The van der Waals surface area contributed by atoms with Crippen molar-refractivity contribution in [1.82, 2.24) is 9.80 Å². The van der Waals surface area contributed by atoms with Gasteiger partial charge in [0.1, 0.15) is 5.75 Å². The lowest BCUT2D eigenvalue weighted by Gasteiger charge is -2.42. The Morgan fingerprint density at radius 2 is 2.00 bits per heavy atom. The molecule has 0 N–H and O–H groups in total. The largest absolute Gasteiger partial charge is 0.484 e. The van der Waals surface area contributed by atoms with Gasteiger partial charge in [-0.3, -0.25) is 9.59 Å². The molecule has 0 aliphatic carbocycles. The van der Waals surface area contributed by atoms with Crippen LogP contribution in [-0.2, 0) is 9.59 Å². The molecule has 2 heterocycles. The summed E-state index contributed by atoms with van der Waals surface area (Å²) < 4.78 is 34.0. The van der Waals surface area contributed by atoms with Crippen LogP contribution in [0, 0.1) is 12.3 Å². The molecule has 3 rings (SSSR count). The molecule has 136 valence electrons. The molecule has 2 fully saturated rings. The second-order valence-corrected chi connectivity index (χ2v) is 7.09. The van der Waals surface area contributed by atoms with Crippen LogP contribution in [0.5, 0.6) is 5.75 Å². The number of piperidine rings is 1. The standard InChI is InChI=1S/C18H22F2N2O3/c1-13-5-3-4-6-14(13)25-9-15(23)22-11-17(10-18(19,20)12-22)7-8-21(2)16(17)24/h3-6H,7-12H2,1-2H3/t17-/m1/s1. The van der Waals surface area contributed by atoms with Crippen molar-refractivity contribution in [2.24, 2.45) is 5.41 Å². The number of amides is 2. The fourth-order valence-electron chi connectivity index (χ4n) is 3.74. The Hall–Kier alpha value is -2.18. The number of ether oxygens (including phenoxy) is 1. The van der Waals surface area contributed by atoms with Gasteiger partial charge in [0, 0.05) is 26.6 Å². The summed E-state index contributed by atoms with van der Waals surface area (Å²) in [4.78, 5) is 27.4. The molecule has 0 bridgehead atoms. The number of likely N-dealkylation sites (tertiary alicyclic amines) is 2. The lowest BCUT2D eigenvalue weighted by Crippen LogP contribution is -2.57. The van der Waals surface area contributed by atoms with E-state index in [1.807, 2.05) is 19.1 Å². The molecule has 0 saturated carbocycles. The van der Waals surface area contributed by atoms with Crippen molar-refractivity contribution >= 4 is 11.8 Å². The van der Waals surface area contributed by atoms with Crippen LogP contribution >= 0.6 is 0 Å². The number of carbonyl (C=O) groups excluding carboxylic acids is 2. The smallest absolute Gasteiger partial charge is 0.266 e. The summed E-state index contributed by atoms with van der Waals surface area (Å²) in [5, 5.41) is 0. The summed E-state index contributed by atoms with van der Waals surface area (Å²) in [5.74, 6) is -3.35. The maximum Gasteiger partial charge on any atom is 0.266 e. The molecule has 1 atom stereocenters. The number of hydrogen-bond acceptors (Lipinski definition) is 3. The summed E-state index contributed by atoms with van der Waals surface area (Å²) in [6.07, 6.45) is -0.147. The zero-order chi connectivity index (χ0) is 18.2. The number of carbonyl (C=O) groups is 2. The number of rotatable bonds is 3. The van der Waals surface area contributed by atoms with Crippen LogP contribution in [0.25, 0.3) is 0 Å². The fourth-order valence-corrected chi connectivity index (χ4v) is 3.74. The van der Waals surface area contributed by atoms with E-state index in [1.54, 1.807) is 19.2 Å². The van der Waals surface area contributed by atoms with Gasteiger partial charge in [-0.05, 0) is 25.0 Å². The molecule has 0 unspecified atom stereocenters. The van der Waals surface area contributed by atoms with E-state index in [4.69, 9.17) is 4.74 Å². The molecule has 0 aromatic heterocycles. The first-order chi connectivity index (χ1) is 11.7. The van der Waals surface area contributed by atoms with Gasteiger partial charge in [-0.1, -0.05) is 18.2 Å². The lowest BCUT2D eigenvalue weighted by atomic mass is 9.77. The van der Waals surface area contributed by atoms with E-state index in [0.29, 0.717) is 18.7 Å². The topological polar surface area (TPSA) is 49.9 Å². The van der Waals surface area contributed by atoms with Gasteiger partial charge in [0.15, 0.2) is 6.61 Å². The van der Waals surface area contributed by atoms with Gasteiger partial charge >= 0.3 is 0 Å². The number of alkyl halides is 2. The van der Waals surface area contributed by atoms with E-state index in [-0.39, 0.29) is 19.1 Å². The van der Waals surface area contributed by atoms with E-state index in [0.717, 1.165) is 10.5 Å². The van der Waals surface area contributed by atoms with Crippen molar-refractivity contribution in [3.63, 3.8) is 0 Å². The third-order valence-corrected chi connectivity index (χ3v) is 5.04. The molecular weight excluding hydrogens is 330 g/mol. The Bertz CT molecular complexity index is 695. The van der Waals surface area contributed by atoms with Crippen LogP contribution in [0.15, 0.2) is 24.3 Å². The molecule has 1 aromatic rings. The summed E-state index contributed by atoms with van der Waals surface area (Å²) >= 11 is 0. The molecule has 1 aromatic carbocycles. The summed E-state index contributed by atoms with van der Waals surface area (Å²) in [6, 6.07) is 7.20. The molecule has 0 radical (unpaired) electrons. The number of benzene rings is 1. The first kappa shape index (κ1) is 17.6. The zero-order valence-corrected chi connectivity index (χ0v) is 14.4. The SMILES string of the molecule is Cc1ccccc1OCC(=O)N1CC(F)(F)C[C@]2(CCN(C)C2=O)C1. The molecule has 5 nitrogen and oxygen atoms in total. The maximum atomic E-state index is 14.2. The molecule has 25 heavy (non-hydrogen) atoms. The van der Waals surface area contributed by atoms with Crippen LogP contribution < -0.4 is 4.74 Å². The van der Waals surface area contributed by atoms with Crippen molar-refractivity contribution in [1.29, 1.82) is 0 Å². The van der Waals surface area contributed by atoms with Crippen LogP contribution in [0.1, 0.15) is 18.4 Å². The minimum Gasteiger partial charge on any atom is -0.484 e. The third kappa shape index (κ3) is 3.45. The second kappa shape index (κ2) is 6.28. The molecule has 1 spiro atoms. The summed E-state index contributed by atoms with van der Waals surface area (Å²) in [6.45, 7) is 1.33. The van der Waals surface area contributed by atoms with Crippen molar-refractivity contribution in [3.05, 3.63) is 29.8 Å². The van der Waals surface area contributed by atoms with Crippen molar-refractivity contribution in [3.8, 4) is 5.75 Å². The van der Waals surface area contributed by atoms with Gasteiger partial charge in [-0.15, -0.1) is 0 Å². The van der Waals surface area contributed by atoms with Gasteiger partial charge in [-0.2, -0.15) is 0 Å². The Balaban J connectivity index is 1.71. The lowest BCUT2D eigenvalue weighted by molar-refractivity contribution is -0.163. The van der Waals surface area contributed by atoms with Gasteiger partial charge in [0.05, 0.1) is 12.0 Å². The highest BCUT2D eigenvalue weighted by molar-refractivity contribution is 5.86. The minimum atomic E-state index is -3.07. The predicted octanol–water partition coefficient (Wildman–Crippen LogP) is 2.09. The van der Waals surface area contributed by atoms with Crippen LogP contribution in [0.3, 0.4) is 0 Å². The van der Waals surface area contributed by atoms with E-state index in [2.05, 4.69) is 0 Å². The first-order valence-corrected chi connectivity index (χ1v) is 8.32. The van der Waals surface area contributed by atoms with Crippen LogP contribution in [0.2, 0.25) is 0 Å². The molecule has 2 saturated heterocycles. The average Bonchev–Trinajstić information content (AvgIpc) is 2.80. The highest BCUT2D eigenvalue weighted by Crippen LogP contribution is 2.45. The normalized spacial score (nSPS) is 25.5. The number of hydrogen-bond donors (Lipinski definition) is 0. The van der Waals surface area contributed by atoms with Crippen LogP contribution in [-0.4, -0.2) is 60.8 Å². The minimum absolute atomic E-state index is 0.0295. The predicted molar refractivity (Wildman–Crippen MR) is 87.5 cm³/mol. The van der Waals surface area contributed by atoms with Gasteiger partial charge in [0.2, 0.25) is 5.91 Å². The number of nitrogens with zero attached hydrogens (tertiary/aromatic N) is 2. The highest BCUT2D eigenvalue weighted by atomic mass is 19.3. The Morgan fingerprint density at radius 3 is 2.64 bits per heavy atom. The Labute approximate surface area is 145 Å². The average molecular weight is 352 g/mol. The molecule has 2 aliphatic heterocycles. The molecule has 7 heteroatoms. The maximum absolute atomic E-state index is 14.2. The van der Waals surface area contributed by atoms with E-state index >= 15 is 0 Å². The van der Waals surface area contributed by atoms with E-state index < -0.39 is 30.2 Å². The second-order valence-electron chi connectivity index (χ2n) is 7.09. The fraction of sp³-hybridized carbons (Fsp3) is 0.556. The molecule has 2 aliphatic rings. The third-order valence-electron chi connectivity index (χ3n) is 5.04. The monoisotopic (exact) mass is 352 g/mol. The van der Waals surface area contributed by atoms with Crippen molar-refractivity contribution in [2.45, 2.75) is 25.7 Å². The van der Waals surface area contributed by atoms with Gasteiger partial charge in [-0.25, -0.2) is 8.78 Å². The van der Waals surface area contributed by atoms with E-state index in [9.17, 15) is 18.4 Å². The van der Waals surface area contributed by atoms with Crippen molar-refractivity contribution in [2.75, 3.05) is 33.3 Å². The highest BCUT2D eigenvalue weighted by Gasteiger charge is 2.57. The Morgan fingerprint density at radius 1 is 1.28 bits per heavy atom. The Kier molecular flexibility index (Phi) is 4.43. The molecular formula is C18H22F2N2O3. The summed E-state index contributed by atoms with van der Waals surface area (Å²) in [7, 11) is 1.61. The number of aryl methyl sites for hydroxylation is 1.